The molecule has 0 unspecified atom stereocenters. The number of nitrogens with zero attached hydrogens (tertiary/aromatic N) is 3. The van der Waals surface area contributed by atoms with E-state index in [1.165, 1.54) is 11.1 Å². The quantitative estimate of drug-likeness (QED) is 0.158. The van der Waals surface area contributed by atoms with Crippen LogP contribution in [0.1, 0.15) is 37.8 Å². The lowest BCUT2D eigenvalue weighted by Crippen LogP contribution is -2.43. The van der Waals surface area contributed by atoms with E-state index in [1.54, 1.807) is 0 Å². The molecule has 2 rings (SSSR count). The topological polar surface area (TPSA) is 61.4 Å². The lowest BCUT2D eigenvalue weighted by Gasteiger charge is -2.32. The molecule has 1 fully saturated rings. The van der Waals surface area contributed by atoms with Crippen molar-refractivity contribution >= 4 is 29.9 Å². The van der Waals surface area contributed by atoms with Gasteiger partial charge in [-0.15, -0.1) is 24.0 Å². The summed E-state index contributed by atoms with van der Waals surface area (Å²) in [5, 5.41) is 6.63. The molecule has 1 aromatic rings. The maximum Gasteiger partial charge on any atom is 0.191 e. The number of likely N-dealkylation sites (N-methyl/N-ethyl adjacent to an activating group) is 1. The fourth-order valence-corrected chi connectivity index (χ4v) is 3.34. The molecular formula is C24H44IN5O2. The Morgan fingerprint density at radius 3 is 2.22 bits per heavy atom. The molecule has 0 atom stereocenters. The van der Waals surface area contributed by atoms with Crippen molar-refractivity contribution in [3.8, 4) is 0 Å². The van der Waals surface area contributed by atoms with Crippen LogP contribution in [0.15, 0.2) is 29.3 Å². The lowest BCUT2D eigenvalue weighted by molar-refractivity contribution is 0.0487. The maximum absolute atomic E-state index is 5.61. The number of guanidine groups is 1. The Hall–Kier alpha value is -0.940. The fourth-order valence-electron chi connectivity index (χ4n) is 3.34. The monoisotopic (exact) mass is 561 g/mol. The van der Waals surface area contributed by atoms with Crippen LogP contribution < -0.4 is 10.6 Å². The second-order valence-corrected chi connectivity index (χ2v) is 8.10. The zero-order chi connectivity index (χ0) is 22.2. The van der Waals surface area contributed by atoms with Gasteiger partial charge in [0, 0.05) is 52.4 Å². The van der Waals surface area contributed by atoms with Gasteiger partial charge in [0.2, 0.25) is 0 Å². The van der Waals surface area contributed by atoms with E-state index < -0.39 is 0 Å². The van der Waals surface area contributed by atoms with Crippen molar-refractivity contribution in [1.82, 2.24) is 20.4 Å². The average molecular weight is 562 g/mol. The molecule has 1 aliphatic heterocycles. The Morgan fingerprint density at radius 2 is 1.56 bits per heavy atom. The third kappa shape index (κ3) is 12.9. The number of hydrogen-bond donors (Lipinski definition) is 2. The molecule has 0 radical (unpaired) electrons. The number of halogens is 1. The van der Waals surface area contributed by atoms with E-state index >= 15 is 0 Å². The molecular weight excluding hydrogens is 517 g/mol. The van der Waals surface area contributed by atoms with Crippen LogP contribution in [0.3, 0.4) is 0 Å². The molecule has 0 spiro atoms. The number of hydrogen-bond acceptors (Lipinski definition) is 5. The second-order valence-electron chi connectivity index (χ2n) is 8.10. The zero-order valence-electron chi connectivity index (χ0n) is 20.3. The molecule has 0 aromatic heterocycles. The van der Waals surface area contributed by atoms with Gasteiger partial charge in [0.25, 0.3) is 0 Å². The Morgan fingerprint density at radius 1 is 0.906 bits per heavy atom. The number of piperazine rings is 1. The van der Waals surface area contributed by atoms with E-state index in [2.05, 4.69) is 65.6 Å². The molecule has 1 saturated heterocycles. The van der Waals surface area contributed by atoms with Gasteiger partial charge in [-0.05, 0) is 31.5 Å². The summed E-state index contributed by atoms with van der Waals surface area (Å²) in [6.07, 6.45) is 2.28. The standard InChI is InChI=1S/C24H43N5O2.HI/c1-4-6-16-30-18-19-31-17-11-26-24(25-5-2)27-20-22-7-9-23(10-8-22)21-29-14-12-28(3)13-15-29;/h7-10H,4-6,11-21H2,1-3H3,(H2,25,26,27);1H. The van der Waals surface area contributed by atoms with Gasteiger partial charge in [-0.2, -0.15) is 0 Å². The van der Waals surface area contributed by atoms with Crippen LogP contribution in [0, 0.1) is 0 Å². The van der Waals surface area contributed by atoms with Crippen molar-refractivity contribution in [3.63, 3.8) is 0 Å². The number of ether oxygens (including phenoxy) is 2. The van der Waals surface area contributed by atoms with Crippen LogP contribution in [0.4, 0.5) is 0 Å². The molecule has 1 aromatic carbocycles. The summed E-state index contributed by atoms with van der Waals surface area (Å²) >= 11 is 0. The summed E-state index contributed by atoms with van der Waals surface area (Å²) in [6, 6.07) is 8.86. The Kier molecular flexibility index (Phi) is 16.8. The summed E-state index contributed by atoms with van der Waals surface area (Å²) in [6.45, 7) is 14.9. The van der Waals surface area contributed by atoms with Gasteiger partial charge in [0.15, 0.2) is 5.96 Å². The highest BCUT2D eigenvalue weighted by atomic mass is 127. The van der Waals surface area contributed by atoms with E-state index in [0.717, 1.165) is 71.2 Å². The third-order valence-electron chi connectivity index (χ3n) is 5.34. The van der Waals surface area contributed by atoms with Crippen LogP contribution in [0.25, 0.3) is 0 Å². The number of aliphatic imine (C=N–C) groups is 1. The van der Waals surface area contributed by atoms with Crippen LogP contribution >= 0.6 is 24.0 Å². The number of unbranched alkanes of at least 4 members (excludes halogenated alkanes) is 1. The highest BCUT2D eigenvalue weighted by molar-refractivity contribution is 14.0. The van der Waals surface area contributed by atoms with Crippen LogP contribution in [-0.4, -0.2) is 88.5 Å². The predicted molar refractivity (Wildman–Crippen MR) is 144 cm³/mol. The first-order valence-corrected chi connectivity index (χ1v) is 11.9. The van der Waals surface area contributed by atoms with Gasteiger partial charge in [-0.3, -0.25) is 4.90 Å². The SMILES string of the molecule is CCCCOCCOCCNC(=NCc1ccc(CN2CCN(C)CC2)cc1)NCC.I. The molecule has 8 heteroatoms. The number of benzene rings is 1. The minimum absolute atomic E-state index is 0. The average Bonchev–Trinajstić information content (AvgIpc) is 2.79. The van der Waals surface area contributed by atoms with Crippen molar-refractivity contribution < 1.29 is 9.47 Å². The Bertz CT molecular complexity index is 607. The summed E-state index contributed by atoms with van der Waals surface area (Å²) in [5.74, 6) is 0.826. The van der Waals surface area contributed by atoms with Crippen LogP contribution in [0.2, 0.25) is 0 Å². The number of nitrogens with one attached hydrogen (secondary N) is 2. The Labute approximate surface area is 212 Å². The van der Waals surface area contributed by atoms with Crippen molar-refractivity contribution in [2.45, 2.75) is 39.8 Å². The highest BCUT2D eigenvalue weighted by Gasteiger charge is 2.13. The molecule has 0 saturated carbocycles. The molecule has 7 nitrogen and oxygen atoms in total. The molecule has 1 aliphatic rings. The molecule has 2 N–H and O–H groups in total. The van der Waals surface area contributed by atoms with Crippen LogP contribution in [0.5, 0.6) is 0 Å². The normalized spacial score (nSPS) is 15.4. The maximum atomic E-state index is 5.61. The largest absolute Gasteiger partial charge is 0.379 e. The minimum atomic E-state index is 0. The predicted octanol–water partition coefficient (Wildman–Crippen LogP) is 2.94. The molecule has 32 heavy (non-hydrogen) atoms. The third-order valence-corrected chi connectivity index (χ3v) is 5.34. The van der Waals surface area contributed by atoms with Crippen LogP contribution in [-0.2, 0) is 22.6 Å². The van der Waals surface area contributed by atoms with Crippen molar-refractivity contribution in [2.75, 3.05) is 72.7 Å². The molecule has 0 bridgehead atoms. The molecule has 0 aliphatic carbocycles. The summed E-state index contributed by atoms with van der Waals surface area (Å²) in [5.41, 5.74) is 2.60. The molecule has 1 heterocycles. The summed E-state index contributed by atoms with van der Waals surface area (Å²) in [7, 11) is 2.20. The Balaban J connectivity index is 0.00000512. The first kappa shape index (κ1) is 29.1. The lowest BCUT2D eigenvalue weighted by atomic mass is 10.1. The van der Waals surface area contributed by atoms with Crippen molar-refractivity contribution in [2.24, 2.45) is 4.99 Å². The van der Waals surface area contributed by atoms with Gasteiger partial charge in [0.1, 0.15) is 0 Å². The molecule has 184 valence electrons. The van der Waals surface area contributed by atoms with E-state index in [-0.39, 0.29) is 24.0 Å². The van der Waals surface area contributed by atoms with E-state index in [0.29, 0.717) is 26.4 Å². The summed E-state index contributed by atoms with van der Waals surface area (Å²) in [4.78, 5) is 9.62. The van der Waals surface area contributed by atoms with Gasteiger partial charge in [0.05, 0.1) is 26.4 Å². The van der Waals surface area contributed by atoms with Gasteiger partial charge in [-0.25, -0.2) is 4.99 Å². The second kappa shape index (κ2) is 18.5. The summed E-state index contributed by atoms with van der Waals surface area (Å²) < 4.78 is 11.1. The van der Waals surface area contributed by atoms with E-state index in [1.807, 2.05) is 0 Å². The van der Waals surface area contributed by atoms with Crippen molar-refractivity contribution in [3.05, 3.63) is 35.4 Å². The van der Waals surface area contributed by atoms with E-state index in [4.69, 9.17) is 14.5 Å². The van der Waals surface area contributed by atoms with E-state index in [9.17, 15) is 0 Å². The number of rotatable bonds is 14. The first-order valence-electron chi connectivity index (χ1n) is 11.9. The van der Waals surface area contributed by atoms with Gasteiger partial charge < -0.3 is 25.0 Å². The fraction of sp³-hybridized carbons (Fsp3) is 0.708. The zero-order valence-corrected chi connectivity index (χ0v) is 22.6. The van der Waals surface area contributed by atoms with Gasteiger partial charge in [-0.1, -0.05) is 37.6 Å². The minimum Gasteiger partial charge on any atom is -0.379 e. The van der Waals surface area contributed by atoms with Crippen molar-refractivity contribution in [1.29, 1.82) is 0 Å². The smallest absolute Gasteiger partial charge is 0.191 e. The van der Waals surface area contributed by atoms with Gasteiger partial charge >= 0.3 is 0 Å². The first-order chi connectivity index (χ1) is 15.2. The molecule has 0 amide bonds. The highest BCUT2D eigenvalue weighted by Crippen LogP contribution is 2.10.